The van der Waals surface area contributed by atoms with Crippen LogP contribution in [0.15, 0.2) is 91.0 Å². The van der Waals surface area contributed by atoms with Crippen LogP contribution < -0.4 is 21.3 Å². The van der Waals surface area contributed by atoms with Crippen molar-refractivity contribution in [3.05, 3.63) is 96.6 Å². The van der Waals surface area contributed by atoms with Crippen LogP contribution in [-0.4, -0.2) is 6.71 Å². The SMILES string of the molecule is N#Cc1cccc2c1B1c3ccccc3N(c3ccccc3)c3cccc-2c31. The predicted octanol–water partition coefficient (Wildman–Crippen LogP) is 3.84. The van der Waals surface area contributed by atoms with Crippen molar-refractivity contribution in [1.29, 1.82) is 5.26 Å². The highest BCUT2D eigenvalue weighted by Gasteiger charge is 2.43. The third-order valence-electron chi connectivity index (χ3n) is 5.92. The second kappa shape index (κ2) is 5.61. The third-order valence-corrected chi connectivity index (χ3v) is 5.92. The monoisotopic (exact) mass is 354 g/mol. The largest absolute Gasteiger partial charge is 0.312 e. The number of rotatable bonds is 1. The van der Waals surface area contributed by atoms with Gasteiger partial charge in [0.15, 0.2) is 0 Å². The standard InChI is InChI=1S/C25H15BN2/c27-16-17-8-6-11-19-20-12-7-15-23-25(20)26(24(17)19)21-13-4-5-14-22(21)28(23)18-9-2-1-3-10-18/h1-15H. The summed E-state index contributed by atoms with van der Waals surface area (Å²) < 4.78 is 0. The van der Waals surface area contributed by atoms with E-state index in [-0.39, 0.29) is 6.71 Å². The van der Waals surface area contributed by atoms with Gasteiger partial charge in [-0.1, -0.05) is 60.7 Å². The fourth-order valence-corrected chi connectivity index (χ4v) is 4.87. The van der Waals surface area contributed by atoms with Crippen molar-refractivity contribution in [2.45, 2.75) is 0 Å². The van der Waals surface area contributed by atoms with E-state index < -0.39 is 0 Å². The van der Waals surface area contributed by atoms with Gasteiger partial charge in [-0.05, 0) is 57.8 Å². The zero-order valence-electron chi connectivity index (χ0n) is 15.1. The van der Waals surface area contributed by atoms with Gasteiger partial charge in [-0.2, -0.15) is 5.26 Å². The molecule has 6 rings (SSSR count). The van der Waals surface area contributed by atoms with Gasteiger partial charge in [0.05, 0.1) is 6.07 Å². The molecule has 0 saturated heterocycles. The molecule has 0 amide bonds. The molecule has 4 aromatic rings. The van der Waals surface area contributed by atoms with Crippen molar-refractivity contribution in [2.75, 3.05) is 4.90 Å². The number of hydrogen-bond donors (Lipinski definition) is 0. The topological polar surface area (TPSA) is 27.0 Å². The maximum atomic E-state index is 9.80. The van der Waals surface area contributed by atoms with E-state index in [0.29, 0.717) is 0 Å². The van der Waals surface area contributed by atoms with E-state index in [1.807, 2.05) is 18.2 Å². The normalized spacial score (nSPS) is 12.8. The van der Waals surface area contributed by atoms with E-state index in [9.17, 15) is 5.26 Å². The average molecular weight is 354 g/mol. The van der Waals surface area contributed by atoms with Crippen LogP contribution in [0.1, 0.15) is 5.56 Å². The van der Waals surface area contributed by atoms with Gasteiger partial charge < -0.3 is 4.90 Å². The summed E-state index contributed by atoms with van der Waals surface area (Å²) in [6.45, 7) is 0.105. The van der Waals surface area contributed by atoms with E-state index >= 15 is 0 Å². The summed E-state index contributed by atoms with van der Waals surface area (Å²) in [5.74, 6) is 0. The summed E-state index contributed by atoms with van der Waals surface area (Å²) >= 11 is 0. The molecule has 2 nitrogen and oxygen atoms in total. The Kier molecular flexibility index (Phi) is 3.07. The Morgan fingerprint density at radius 2 is 1.32 bits per heavy atom. The van der Waals surface area contributed by atoms with E-state index in [2.05, 4.69) is 83.8 Å². The summed E-state index contributed by atoms with van der Waals surface area (Å²) in [5.41, 5.74) is 10.4. The molecule has 128 valence electrons. The molecule has 0 fully saturated rings. The number of nitriles is 1. The highest BCUT2D eigenvalue weighted by Crippen LogP contribution is 2.40. The molecule has 0 atom stereocenters. The lowest BCUT2D eigenvalue weighted by molar-refractivity contribution is 1.30. The second-order valence-corrected chi connectivity index (χ2v) is 7.28. The first kappa shape index (κ1) is 15.3. The highest BCUT2D eigenvalue weighted by atomic mass is 15.1. The number of fused-ring (bicyclic) bond motifs is 5. The van der Waals surface area contributed by atoms with Gasteiger partial charge >= 0.3 is 0 Å². The van der Waals surface area contributed by atoms with E-state index in [1.165, 1.54) is 33.4 Å². The first-order chi connectivity index (χ1) is 13.9. The lowest BCUT2D eigenvalue weighted by Gasteiger charge is -2.35. The minimum Gasteiger partial charge on any atom is -0.312 e. The Morgan fingerprint density at radius 1 is 0.643 bits per heavy atom. The molecule has 0 saturated carbocycles. The van der Waals surface area contributed by atoms with Gasteiger partial charge in [-0.3, -0.25) is 0 Å². The molecule has 2 heterocycles. The Hall–Kier alpha value is -3.77. The number of hydrogen-bond acceptors (Lipinski definition) is 2. The maximum Gasteiger partial charge on any atom is 0.250 e. The van der Waals surface area contributed by atoms with E-state index in [0.717, 1.165) is 16.7 Å². The van der Waals surface area contributed by atoms with Crippen LogP contribution in [0.3, 0.4) is 0 Å². The molecule has 3 heteroatoms. The van der Waals surface area contributed by atoms with Crippen molar-refractivity contribution in [3.8, 4) is 17.2 Å². The summed E-state index contributed by atoms with van der Waals surface area (Å²) in [7, 11) is 0. The smallest absolute Gasteiger partial charge is 0.250 e. The van der Waals surface area contributed by atoms with E-state index in [1.54, 1.807) is 0 Å². The van der Waals surface area contributed by atoms with Crippen LogP contribution >= 0.6 is 0 Å². The molecule has 0 N–H and O–H groups in total. The first-order valence-electron chi connectivity index (χ1n) is 9.49. The third kappa shape index (κ3) is 1.87. The number of para-hydroxylation sites is 2. The van der Waals surface area contributed by atoms with Crippen LogP contribution in [0.25, 0.3) is 11.1 Å². The molecule has 28 heavy (non-hydrogen) atoms. The van der Waals surface area contributed by atoms with Crippen molar-refractivity contribution < 1.29 is 0 Å². The van der Waals surface area contributed by atoms with Crippen LogP contribution in [0.4, 0.5) is 17.1 Å². The summed E-state index contributed by atoms with van der Waals surface area (Å²) in [6, 6.07) is 34.1. The van der Waals surface area contributed by atoms with Crippen molar-refractivity contribution in [2.24, 2.45) is 0 Å². The molecule has 2 aliphatic rings. The first-order valence-corrected chi connectivity index (χ1v) is 9.49. The molecule has 0 spiro atoms. The molecule has 2 aliphatic heterocycles. The molecule has 0 unspecified atom stereocenters. The number of benzene rings is 4. The van der Waals surface area contributed by atoms with Crippen molar-refractivity contribution in [1.82, 2.24) is 0 Å². The quantitative estimate of drug-likeness (QED) is 0.420. The second-order valence-electron chi connectivity index (χ2n) is 7.28. The van der Waals surface area contributed by atoms with Gasteiger partial charge in [0.1, 0.15) is 0 Å². The molecular weight excluding hydrogens is 339 g/mol. The molecule has 0 radical (unpaired) electrons. The van der Waals surface area contributed by atoms with Crippen LogP contribution in [-0.2, 0) is 0 Å². The van der Waals surface area contributed by atoms with Crippen LogP contribution in [0.5, 0.6) is 0 Å². The number of anilines is 3. The minimum absolute atomic E-state index is 0.105. The minimum atomic E-state index is 0.105. The Morgan fingerprint density at radius 3 is 2.14 bits per heavy atom. The van der Waals surface area contributed by atoms with E-state index in [4.69, 9.17) is 0 Å². The maximum absolute atomic E-state index is 9.80. The summed E-state index contributed by atoms with van der Waals surface area (Å²) in [4.78, 5) is 2.35. The summed E-state index contributed by atoms with van der Waals surface area (Å²) in [5, 5.41) is 9.80. The highest BCUT2D eigenvalue weighted by molar-refractivity contribution is 7.01. The lowest BCUT2D eigenvalue weighted by Crippen LogP contribution is -2.55. The predicted molar refractivity (Wildman–Crippen MR) is 116 cm³/mol. The molecule has 0 aliphatic carbocycles. The summed E-state index contributed by atoms with van der Waals surface area (Å²) in [6.07, 6.45) is 0. The Labute approximate surface area is 164 Å². The zero-order valence-corrected chi connectivity index (χ0v) is 15.1. The van der Waals surface area contributed by atoms with Crippen molar-refractivity contribution in [3.63, 3.8) is 0 Å². The van der Waals surface area contributed by atoms with Gasteiger partial charge in [0.2, 0.25) is 6.71 Å². The average Bonchev–Trinajstić information content (AvgIpc) is 3.11. The Bertz CT molecular complexity index is 1290. The molecule has 0 bridgehead atoms. The van der Waals surface area contributed by atoms with Gasteiger partial charge in [0, 0.05) is 22.6 Å². The number of nitrogens with zero attached hydrogens (tertiary/aromatic N) is 2. The van der Waals surface area contributed by atoms with Crippen molar-refractivity contribution >= 4 is 40.2 Å². The Balaban J connectivity index is 1.74. The fraction of sp³-hybridized carbons (Fsp3) is 0. The van der Waals surface area contributed by atoms with Crippen LogP contribution in [0.2, 0.25) is 0 Å². The molecule has 0 aromatic heterocycles. The van der Waals surface area contributed by atoms with Gasteiger partial charge in [-0.15, -0.1) is 0 Å². The molecular formula is C25H15BN2. The zero-order chi connectivity index (χ0) is 18.7. The van der Waals surface area contributed by atoms with Gasteiger partial charge in [-0.25, -0.2) is 0 Å². The molecule has 4 aromatic carbocycles. The lowest BCUT2D eigenvalue weighted by atomic mass is 9.36. The van der Waals surface area contributed by atoms with Crippen LogP contribution in [0, 0.1) is 11.3 Å². The van der Waals surface area contributed by atoms with Gasteiger partial charge in [0.25, 0.3) is 0 Å². The fourth-order valence-electron chi connectivity index (χ4n) is 4.87.